The number of nitrogens with one attached hydrogen (secondary N) is 2. The van der Waals surface area contributed by atoms with Gasteiger partial charge in [-0.05, 0) is 38.4 Å². The maximum absolute atomic E-state index is 3.50. The molecule has 1 atom stereocenters. The molecule has 0 rings (SSSR count). The Morgan fingerprint density at radius 2 is 1.64 bits per heavy atom. The quantitative estimate of drug-likeness (QED) is 0.559. The molecule has 2 nitrogen and oxygen atoms in total. The van der Waals surface area contributed by atoms with Gasteiger partial charge in [0.2, 0.25) is 0 Å². The Balaban J connectivity index is 2.99. The van der Waals surface area contributed by atoms with Gasteiger partial charge in [0.25, 0.3) is 0 Å². The van der Waals surface area contributed by atoms with E-state index in [1.54, 1.807) is 0 Å². The summed E-state index contributed by atoms with van der Waals surface area (Å²) in [5, 5.41) is 6.92. The Hall–Kier alpha value is -0.0800. The van der Waals surface area contributed by atoms with Gasteiger partial charge in [-0.3, -0.25) is 0 Å². The molecule has 0 amide bonds. The second kappa shape index (κ2) is 9.47. The van der Waals surface area contributed by atoms with Gasteiger partial charge in [-0.25, -0.2) is 0 Å². The molecule has 0 aromatic carbocycles. The SMILES string of the molecule is CCC(C)CNCCCCNC(C)C. The van der Waals surface area contributed by atoms with Crippen molar-refractivity contribution in [3.63, 3.8) is 0 Å². The first kappa shape index (κ1) is 13.9. The Labute approximate surface area is 89.9 Å². The molecule has 0 heterocycles. The van der Waals surface area contributed by atoms with Crippen molar-refractivity contribution in [3.05, 3.63) is 0 Å². The highest BCUT2D eigenvalue weighted by atomic mass is 14.9. The molecule has 0 aliphatic carbocycles. The van der Waals surface area contributed by atoms with Crippen molar-refractivity contribution in [2.24, 2.45) is 5.92 Å². The van der Waals surface area contributed by atoms with Crippen LogP contribution in [0.4, 0.5) is 0 Å². The summed E-state index contributed by atoms with van der Waals surface area (Å²) in [6.45, 7) is 12.4. The summed E-state index contributed by atoms with van der Waals surface area (Å²) < 4.78 is 0. The normalized spacial score (nSPS) is 13.5. The second-order valence-corrected chi connectivity index (χ2v) is 4.53. The van der Waals surface area contributed by atoms with Crippen LogP contribution in [0.25, 0.3) is 0 Å². The molecule has 0 saturated heterocycles. The molecule has 2 N–H and O–H groups in total. The van der Waals surface area contributed by atoms with Gasteiger partial charge < -0.3 is 10.6 Å². The topological polar surface area (TPSA) is 24.1 Å². The molecule has 0 aliphatic rings. The summed E-state index contributed by atoms with van der Waals surface area (Å²) >= 11 is 0. The zero-order valence-corrected chi connectivity index (χ0v) is 10.4. The van der Waals surface area contributed by atoms with Crippen LogP contribution in [0.2, 0.25) is 0 Å². The van der Waals surface area contributed by atoms with Crippen molar-refractivity contribution in [1.29, 1.82) is 0 Å². The highest BCUT2D eigenvalue weighted by Gasteiger charge is 1.96. The van der Waals surface area contributed by atoms with Crippen molar-refractivity contribution < 1.29 is 0 Å². The van der Waals surface area contributed by atoms with Crippen LogP contribution in [0.1, 0.15) is 47.0 Å². The Bertz CT molecular complexity index is 113. The van der Waals surface area contributed by atoms with Crippen molar-refractivity contribution in [2.45, 2.75) is 53.0 Å². The monoisotopic (exact) mass is 200 g/mol. The van der Waals surface area contributed by atoms with Crippen molar-refractivity contribution in [3.8, 4) is 0 Å². The van der Waals surface area contributed by atoms with Crippen LogP contribution in [-0.2, 0) is 0 Å². The van der Waals surface area contributed by atoms with E-state index >= 15 is 0 Å². The molecule has 0 aromatic heterocycles. The average Bonchev–Trinajstić information content (AvgIpc) is 2.15. The summed E-state index contributed by atoms with van der Waals surface area (Å²) in [6.07, 6.45) is 3.85. The molecule has 1 unspecified atom stereocenters. The molecule has 0 saturated carbocycles. The van der Waals surface area contributed by atoms with Gasteiger partial charge in [-0.15, -0.1) is 0 Å². The van der Waals surface area contributed by atoms with Crippen LogP contribution in [0, 0.1) is 5.92 Å². The lowest BCUT2D eigenvalue weighted by Crippen LogP contribution is -2.25. The summed E-state index contributed by atoms with van der Waals surface area (Å²) in [7, 11) is 0. The third-order valence-electron chi connectivity index (χ3n) is 2.52. The molecule has 0 radical (unpaired) electrons. The third kappa shape index (κ3) is 10.0. The van der Waals surface area contributed by atoms with Crippen LogP contribution in [0.5, 0.6) is 0 Å². The van der Waals surface area contributed by atoms with E-state index in [2.05, 4.69) is 38.3 Å². The first-order valence-corrected chi connectivity index (χ1v) is 6.10. The number of hydrogen-bond donors (Lipinski definition) is 2. The Morgan fingerprint density at radius 1 is 1.00 bits per heavy atom. The van der Waals surface area contributed by atoms with Gasteiger partial charge in [0.15, 0.2) is 0 Å². The number of hydrogen-bond acceptors (Lipinski definition) is 2. The largest absolute Gasteiger partial charge is 0.316 e. The summed E-state index contributed by atoms with van der Waals surface area (Å²) in [4.78, 5) is 0. The van der Waals surface area contributed by atoms with Crippen LogP contribution < -0.4 is 10.6 Å². The molecule has 2 heteroatoms. The Morgan fingerprint density at radius 3 is 2.21 bits per heavy atom. The van der Waals surface area contributed by atoms with Gasteiger partial charge in [-0.2, -0.15) is 0 Å². The van der Waals surface area contributed by atoms with Gasteiger partial charge in [0, 0.05) is 6.04 Å². The summed E-state index contributed by atoms with van der Waals surface area (Å²) in [5.41, 5.74) is 0. The minimum Gasteiger partial charge on any atom is -0.316 e. The van der Waals surface area contributed by atoms with Crippen LogP contribution in [0.3, 0.4) is 0 Å². The molecule has 0 aromatic rings. The highest BCUT2D eigenvalue weighted by Crippen LogP contribution is 1.97. The minimum atomic E-state index is 0.628. The first-order valence-electron chi connectivity index (χ1n) is 6.10. The number of rotatable bonds is 9. The third-order valence-corrected chi connectivity index (χ3v) is 2.52. The fraction of sp³-hybridized carbons (Fsp3) is 1.00. The lowest BCUT2D eigenvalue weighted by atomic mass is 10.1. The van der Waals surface area contributed by atoms with Crippen LogP contribution in [-0.4, -0.2) is 25.7 Å². The molecular formula is C12H28N2. The fourth-order valence-electron chi connectivity index (χ4n) is 1.26. The Kier molecular flexibility index (Phi) is 9.42. The smallest absolute Gasteiger partial charge is 0.00103 e. The zero-order chi connectivity index (χ0) is 10.8. The minimum absolute atomic E-state index is 0.628. The van der Waals surface area contributed by atoms with E-state index in [9.17, 15) is 0 Å². The van der Waals surface area contributed by atoms with Crippen molar-refractivity contribution >= 4 is 0 Å². The van der Waals surface area contributed by atoms with Crippen molar-refractivity contribution in [2.75, 3.05) is 19.6 Å². The van der Waals surface area contributed by atoms with E-state index in [0.29, 0.717) is 6.04 Å². The maximum atomic E-state index is 3.50. The van der Waals surface area contributed by atoms with E-state index in [-0.39, 0.29) is 0 Å². The maximum Gasteiger partial charge on any atom is 0.00103 e. The molecule has 0 bridgehead atoms. The molecule has 0 spiro atoms. The van der Waals surface area contributed by atoms with Gasteiger partial charge in [0.05, 0.1) is 0 Å². The lowest BCUT2D eigenvalue weighted by molar-refractivity contribution is 0.483. The predicted molar refractivity (Wildman–Crippen MR) is 64.7 cm³/mol. The van der Waals surface area contributed by atoms with E-state index in [1.165, 1.54) is 32.4 Å². The fourth-order valence-corrected chi connectivity index (χ4v) is 1.26. The second-order valence-electron chi connectivity index (χ2n) is 4.53. The lowest BCUT2D eigenvalue weighted by Gasteiger charge is -2.10. The van der Waals surface area contributed by atoms with Crippen LogP contribution >= 0.6 is 0 Å². The zero-order valence-electron chi connectivity index (χ0n) is 10.4. The molecule has 86 valence electrons. The highest BCUT2D eigenvalue weighted by molar-refractivity contribution is 4.57. The molecule has 0 aliphatic heterocycles. The van der Waals surface area contributed by atoms with E-state index < -0.39 is 0 Å². The van der Waals surface area contributed by atoms with E-state index in [0.717, 1.165) is 12.5 Å². The molecule has 14 heavy (non-hydrogen) atoms. The predicted octanol–water partition coefficient (Wildman–Crippen LogP) is 2.40. The van der Waals surface area contributed by atoms with E-state index in [1.807, 2.05) is 0 Å². The van der Waals surface area contributed by atoms with E-state index in [4.69, 9.17) is 0 Å². The van der Waals surface area contributed by atoms with Crippen molar-refractivity contribution in [1.82, 2.24) is 10.6 Å². The van der Waals surface area contributed by atoms with Gasteiger partial charge >= 0.3 is 0 Å². The molecule has 0 fully saturated rings. The average molecular weight is 200 g/mol. The molecular weight excluding hydrogens is 172 g/mol. The van der Waals surface area contributed by atoms with Crippen LogP contribution in [0.15, 0.2) is 0 Å². The first-order chi connectivity index (χ1) is 6.66. The number of unbranched alkanes of at least 4 members (excludes halogenated alkanes) is 1. The summed E-state index contributed by atoms with van der Waals surface area (Å²) in [6, 6.07) is 0.628. The van der Waals surface area contributed by atoms with Gasteiger partial charge in [0.1, 0.15) is 0 Å². The standard InChI is InChI=1S/C12H28N2/c1-5-12(4)10-13-8-6-7-9-14-11(2)3/h11-14H,5-10H2,1-4H3. The summed E-state index contributed by atoms with van der Waals surface area (Å²) in [5.74, 6) is 0.823. The van der Waals surface area contributed by atoms with Gasteiger partial charge in [-0.1, -0.05) is 34.1 Å².